The number of nitrogens with one attached hydrogen (secondary N) is 1. The van der Waals surface area contributed by atoms with Crippen LogP contribution in [0.4, 0.5) is 5.69 Å². The third-order valence-electron chi connectivity index (χ3n) is 4.21. The van der Waals surface area contributed by atoms with E-state index in [1.165, 1.54) is 24.1 Å². The van der Waals surface area contributed by atoms with Gasteiger partial charge in [-0.25, -0.2) is 0 Å². The van der Waals surface area contributed by atoms with E-state index in [0.717, 1.165) is 50.3 Å². The van der Waals surface area contributed by atoms with Crippen molar-refractivity contribution in [1.29, 1.82) is 0 Å². The second-order valence-electron chi connectivity index (χ2n) is 6.15. The molecular formula is C17H24ClN3. The minimum atomic E-state index is 0.765. The molecule has 1 aliphatic heterocycles. The van der Waals surface area contributed by atoms with E-state index in [1.807, 2.05) is 12.1 Å². The monoisotopic (exact) mass is 305 g/mol. The summed E-state index contributed by atoms with van der Waals surface area (Å²) in [4.78, 5) is 4.91. The molecule has 0 spiro atoms. The molecule has 2 aliphatic rings. The van der Waals surface area contributed by atoms with Crippen molar-refractivity contribution in [3.63, 3.8) is 0 Å². The number of halogens is 1. The fraction of sp³-hybridized carbons (Fsp3) is 0.529. The van der Waals surface area contributed by atoms with Crippen molar-refractivity contribution in [3.05, 3.63) is 41.4 Å². The van der Waals surface area contributed by atoms with Crippen LogP contribution in [0, 0.1) is 0 Å². The Bertz CT molecular complexity index is 491. The fourth-order valence-corrected chi connectivity index (χ4v) is 2.97. The van der Waals surface area contributed by atoms with Crippen LogP contribution in [0.3, 0.4) is 0 Å². The van der Waals surface area contributed by atoms with Gasteiger partial charge in [-0.1, -0.05) is 24.2 Å². The molecular weight excluding hydrogens is 282 g/mol. The molecule has 1 aliphatic carbocycles. The van der Waals surface area contributed by atoms with E-state index in [4.69, 9.17) is 11.6 Å². The molecule has 114 valence electrons. The van der Waals surface area contributed by atoms with Crippen molar-refractivity contribution in [2.24, 2.45) is 0 Å². The fourth-order valence-electron chi connectivity index (χ4n) is 2.79. The summed E-state index contributed by atoms with van der Waals surface area (Å²) in [5.41, 5.74) is 2.54. The van der Waals surface area contributed by atoms with E-state index in [9.17, 15) is 0 Å². The highest BCUT2D eigenvalue weighted by atomic mass is 35.5. The van der Waals surface area contributed by atoms with Gasteiger partial charge >= 0.3 is 0 Å². The van der Waals surface area contributed by atoms with Crippen LogP contribution in [0.25, 0.3) is 0 Å². The van der Waals surface area contributed by atoms with E-state index < -0.39 is 0 Å². The Labute approximate surface area is 132 Å². The molecule has 0 bridgehead atoms. The smallest absolute Gasteiger partial charge is 0.0426 e. The summed E-state index contributed by atoms with van der Waals surface area (Å²) in [7, 11) is 0. The molecule has 1 N–H and O–H groups in total. The molecule has 1 saturated carbocycles. The lowest BCUT2D eigenvalue weighted by Crippen LogP contribution is -2.47. The van der Waals surface area contributed by atoms with Crippen LogP contribution in [-0.4, -0.2) is 50.2 Å². The minimum Gasteiger partial charge on any atom is -0.369 e. The third-order valence-corrected chi connectivity index (χ3v) is 4.45. The van der Waals surface area contributed by atoms with Crippen LogP contribution >= 0.6 is 11.6 Å². The Morgan fingerprint density at radius 2 is 2.00 bits per heavy atom. The molecule has 3 rings (SSSR count). The standard InChI is InChI=1S/C17H24ClN3/c1-14(12-19-16-5-6-16)13-20-7-9-21(10-8-20)17-4-2-3-15(18)11-17/h2-4,11,16,19H,1,5-10,12-13H2. The molecule has 1 aromatic rings. The number of nitrogens with zero attached hydrogens (tertiary/aromatic N) is 2. The molecule has 0 aromatic heterocycles. The molecule has 1 saturated heterocycles. The van der Waals surface area contributed by atoms with Gasteiger partial charge in [0, 0.05) is 56.0 Å². The van der Waals surface area contributed by atoms with Gasteiger partial charge in [-0.15, -0.1) is 0 Å². The highest BCUT2D eigenvalue weighted by molar-refractivity contribution is 6.30. The van der Waals surface area contributed by atoms with Crippen LogP contribution in [0.1, 0.15) is 12.8 Å². The Morgan fingerprint density at radius 3 is 2.67 bits per heavy atom. The van der Waals surface area contributed by atoms with Crippen LogP contribution in [0.15, 0.2) is 36.4 Å². The molecule has 21 heavy (non-hydrogen) atoms. The number of piperazine rings is 1. The Kier molecular flexibility index (Phi) is 4.84. The third kappa shape index (κ3) is 4.47. The molecule has 4 heteroatoms. The van der Waals surface area contributed by atoms with Gasteiger partial charge in [-0.2, -0.15) is 0 Å². The summed E-state index contributed by atoms with van der Waals surface area (Å²) in [6.07, 6.45) is 2.68. The van der Waals surface area contributed by atoms with Crippen molar-refractivity contribution in [3.8, 4) is 0 Å². The first-order valence-corrected chi connectivity index (χ1v) is 8.21. The van der Waals surface area contributed by atoms with E-state index in [0.29, 0.717) is 0 Å². The van der Waals surface area contributed by atoms with Gasteiger partial charge < -0.3 is 10.2 Å². The minimum absolute atomic E-state index is 0.765. The Morgan fingerprint density at radius 1 is 1.24 bits per heavy atom. The average Bonchev–Trinajstić information content (AvgIpc) is 3.30. The van der Waals surface area contributed by atoms with Gasteiger partial charge in [-0.05, 0) is 36.6 Å². The largest absolute Gasteiger partial charge is 0.369 e. The van der Waals surface area contributed by atoms with Gasteiger partial charge in [0.05, 0.1) is 0 Å². The number of hydrogen-bond donors (Lipinski definition) is 1. The van der Waals surface area contributed by atoms with Gasteiger partial charge in [0.2, 0.25) is 0 Å². The van der Waals surface area contributed by atoms with Gasteiger partial charge in [0.15, 0.2) is 0 Å². The zero-order chi connectivity index (χ0) is 14.7. The Hall–Kier alpha value is -1.03. The van der Waals surface area contributed by atoms with Gasteiger partial charge in [0.25, 0.3) is 0 Å². The summed E-state index contributed by atoms with van der Waals surface area (Å²) >= 11 is 6.07. The summed E-state index contributed by atoms with van der Waals surface area (Å²) in [6, 6.07) is 8.91. The highest BCUT2D eigenvalue weighted by Gasteiger charge is 2.21. The maximum absolute atomic E-state index is 6.07. The van der Waals surface area contributed by atoms with Crippen LogP contribution in [-0.2, 0) is 0 Å². The van der Waals surface area contributed by atoms with Crippen molar-refractivity contribution in [1.82, 2.24) is 10.2 Å². The van der Waals surface area contributed by atoms with Gasteiger partial charge in [0.1, 0.15) is 0 Å². The quantitative estimate of drug-likeness (QED) is 0.815. The SMILES string of the molecule is C=C(CNC1CC1)CN1CCN(c2cccc(Cl)c2)CC1. The topological polar surface area (TPSA) is 18.5 Å². The first-order chi connectivity index (χ1) is 10.2. The number of anilines is 1. The maximum atomic E-state index is 6.07. The lowest BCUT2D eigenvalue weighted by Gasteiger charge is -2.36. The zero-order valence-electron chi connectivity index (χ0n) is 12.5. The second kappa shape index (κ2) is 6.82. The second-order valence-corrected chi connectivity index (χ2v) is 6.58. The average molecular weight is 306 g/mol. The maximum Gasteiger partial charge on any atom is 0.0426 e. The first kappa shape index (κ1) is 14.9. The van der Waals surface area contributed by atoms with Gasteiger partial charge in [-0.3, -0.25) is 4.90 Å². The van der Waals surface area contributed by atoms with Crippen molar-refractivity contribution >= 4 is 17.3 Å². The summed E-state index contributed by atoms with van der Waals surface area (Å²) in [5, 5.41) is 4.35. The number of rotatable bonds is 6. The summed E-state index contributed by atoms with van der Waals surface area (Å²) in [6.45, 7) is 10.5. The summed E-state index contributed by atoms with van der Waals surface area (Å²) in [5.74, 6) is 0. The molecule has 1 heterocycles. The lowest BCUT2D eigenvalue weighted by molar-refractivity contribution is 0.276. The molecule has 2 fully saturated rings. The zero-order valence-corrected chi connectivity index (χ0v) is 13.3. The molecule has 0 unspecified atom stereocenters. The lowest BCUT2D eigenvalue weighted by atomic mass is 10.2. The molecule has 0 atom stereocenters. The van der Waals surface area contributed by atoms with Crippen molar-refractivity contribution in [2.45, 2.75) is 18.9 Å². The predicted octanol–water partition coefficient (Wildman–Crippen LogP) is 2.77. The molecule has 3 nitrogen and oxygen atoms in total. The van der Waals surface area contributed by atoms with Crippen LogP contribution in [0.2, 0.25) is 5.02 Å². The van der Waals surface area contributed by atoms with Crippen LogP contribution in [0.5, 0.6) is 0 Å². The van der Waals surface area contributed by atoms with E-state index in [1.54, 1.807) is 0 Å². The van der Waals surface area contributed by atoms with E-state index in [2.05, 4.69) is 33.8 Å². The summed E-state index contributed by atoms with van der Waals surface area (Å²) < 4.78 is 0. The van der Waals surface area contributed by atoms with Crippen LogP contribution < -0.4 is 10.2 Å². The van der Waals surface area contributed by atoms with Crippen molar-refractivity contribution < 1.29 is 0 Å². The number of benzene rings is 1. The van der Waals surface area contributed by atoms with Crippen molar-refractivity contribution in [2.75, 3.05) is 44.2 Å². The molecule has 0 amide bonds. The predicted molar refractivity (Wildman–Crippen MR) is 90.3 cm³/mol. The van der Waals surface area contributed by atoms with E-state index in [-0.39, 0.29) is 0 Å². The molecule has 1 aromatic carbocycles. The molecule has 0 radical (unpaired) electrons. The normalized spacial score (nSPS) is 19.8. The van der Waals surface area contributed by atoms with E-state index >= 15 is 0 Å². The highest BCUT2D eigenvalue weighted by Crippen LogP contribution is 2.21. The Balaban J connectivity index is 1.43. The number of hydrogen-bond acceptors (Lipinski definition) is 3. The first-order valence-electron chi connectivity index (χ1n) is 7.83.